The highest BCUT2D eigenvalue weighted by atomic mass is 28.4. The van der Waals surface area contributed by atoms with E-state index in [2.05, 4.69) is 5.32 Å². The summed E-state index contributed by atoms with van der Waals surface area (Å²) in [5.41, 5.74) is 4.62. The van der Waals surface area contributed by atoms with Gasteiger partial charge in [-0.25, -0.2) is 0 Å². The van der Waals surface area contributed by atoms with Crippen molar-refractivity contribution in [1.29, 1.82) is 0 Å². The monoisotopic (exact) mass is 306 g/mol. The van der Waals surface area contributed by atoms with Gasteiger partial charge >= 0.3 is 8.80 Å². The van der Waals surface area contributed by atoms with Gasteiger partial charge in [0.25, 0.3) is 0 Å². The Hall–Kier alpha value is -0.963. The lowest BCUT2D eigenvalue weighted by atomic mass is 10.3. The fourth-order valence-electron chi connectivity index (χ4n) is 1.87. The van der Waals surface area contributed by atoms with Crippen molar-refractivity contribution < 1.29 is 22.9 Å². The number of carbonyl (C=O) groups excluding carboxylic acids is 2. The second-order valence-corrected chi connectivity index (χ2v) is 6.84. The van der Waals surface area contributed by atoms with Crippen LogP contribution in [0.3, 0.4) is 0 Å². The molecule has 0 radical (unpaired) electrons. The van der Waals surface area contributed by atoms with Crippen LogP contribution in [-0.4, -0.2) is 46.1 Å². The van der Waals surface area contributed by atoms with E-state index in [0.717, 1.165) is 0 Å². The molecule has 1 unspecified atom stereocenters. The number of amides is 2. The van der Waals surface area contributed by atoms with Crippen LogP contribution >= 0.6 is 0 Å². The van der Waals surface area contributed by atoms with Crippen molar-refractivity contribution >= 4 is 20.6 Å². The van der Waals surface area contributed by atoms with Gasteiger partial charge < -0.3 is 24.3 Å². The Kier molecular flexibility index (Phi) is 9.39. The topological polar surface area (TPSA) is 99.9 Å². The molecule has 0 rings (SSSR count). The lowest BCUT2D eigenvalue weighted by Crippen LogP contribution is -2.63. The highest BCUT2D eigenvalue weighted by molar-refractivity contribution is 6.62. The van der Waals surface area contributed by atoms with E-state index in [1.54, 1.807) is 0 Å². The normalized spacial score (nSPS) is 13.0. The highest BCUT2D eigenvalue weighted by Crippen LogP contribution is 2.18. The quantitative estimate of drug-likeness (QED) is 0.424. The number of primary amides is 1. The van der Waals surface area contributed by atoms with Gasteiger partial charge in [-0.1, -0.05) is 6.92 Å². The fraction of sp³-hybridized carbons (Fsp3) is 0.833. The van der Waals surface area contributed by atoms with Crippen molar-refractivity contribution in [2.45, 2.75) is 46.2 Å². The van der Waals surface area contributed by atoms with E-state index in [0.29, 0.717) is 26.2 Å². The maximum atomic E-state index is 11.7. The summed E-state index contributed by atoms with van der Waals surface area (Å²) >= 11 is 0. The van der Waals surface area contributed by atoms with Gasteiger partial charge in [-0.15, -0.1) is 0 Å². The molecule has 3 N–H and O–H groups in total. The minimum absolute atomic E-state index is 0.356. The minimum Gasteiger partial charge on any atom is -0.373 e. The molecule has 0 aliphatic carbocycles. The summed E-state index contributed by atoms with van der Waals surface area (Å²) in [6.07, 6.45) is 0.224. The first-order valence-corrected chi connectivity index (χ1v) is 8.75. The zero-order chi connectivity index (χ0) is 15.6. The zero-order valence-electron chi connectivity index (χ0n) is 12.7. The molecular weight excluding hydrogens is 280 g/mol. The smallest absolute Gasteiger partial charge is 0.373 e. The Labute approximate surface area is 121 Å². The molecule has 0 fully saturated rings. The molecule has 0 aromatic heterocycles. The zero-order valence-corrected chi connectivity index (χ0v) is 13.7. The molecule has 1 atom stereocenters. The first-order valence-electron chi connectivity index (χ1n) is 6.95. The largest absolute Gasteiger partial charge is 0.524 e. The van der Waals surface area contributed by atoms with Crippen LogP contribution in [0.1, 0.15) is 40.5 Å². The number of carbonyl (C=O) groups is 2. The molecule has 0 saturated carbocycles. The molecule has 0 aliphatic rings. The second kappa shape index (κ2) is 9.86. The third-order valence-corrected chi connectivity index (χ3v) is 6.02. The van der Waals surface area contributed by atoms with E-state index < -0.39 is 26.3 Å². The van der Waals surface area contributed by atoms with Gasteiger partial charge in [0.15, 0.2) is 0 Å². The molecule has 0 spiro atoms. The standard InChI is InChI=1S/C12H26N2O5Si/c1-5-12(14-11(16)9-10(13)15)20(17-6-2,18-7-3)19-8-4/h12H,5-9H2,1-4H3,(H2,13,15)(H,14,16). The SMILES string of the molecule is CCO[Si](OCC)(OCC)C(CC)NC(=O)CC(N)=O. The summed E-state index contributed by atoms with van der Waals surface area (Å²) in [7, 11) is -3.02. The van der Waals surface area contributed by atoms with Crippen molar-refractivity contribution in [2.24, 2.45) is 5.73 Å². The summed E-state index contributed by atoms with van der Waals surface area (Å²) in [5.74, 6) is -1.12. The van der Waals surface area contributed by atoms with Gasteiger partial charge in [0.2, 0.25) is 11.8 Å². The molecule has 118 valence electrons. The Morgan fingerprint density at radius 1 is 1.05 bits per heavy atom. The average Bonchev–Trinajstić information content (AvgIpc) is 2.35. The fourth-order valence-corrected chi connectivity index (χ4v) is 4.77. The Balaban J connectivity index is 5.03. The molecule has 0 bridgehead atoms. The first-order chi connectivity index (χ1) is 9.45. The van der Waals surface area contributed by atoms with Crippen LogP contribution in [0.4, 0.5) is 0 Å². The van der Waals surface area contributed by atoms with E-state index >= 15 is 0 Å². The van der Waals surface area contributed by atoms with E-state index in [1.807, 2.05) is 27.7 Å². The molecule has 0 aromatic carbocycles. The van der Waals surface area contributed by atoms with E-state index in [4.69, 9.17) is 19.0 Å². The minimum atomic E-state index is -3.02. The van der Waals surface area contributed by atoms with Crippen LogP contribution in [0.25, 0.3) is 0 Å². The third-order valence-electron chi connectivity index (χ3n) is 2.54. The molecule has 0 aliphatic heterocycles. The van der Waals surface area contributed by atoms with Crippen LogP contribution in [-0.2, 0) is 22.9 Å². The van der Waals surface area contributed by atoms with Crippen molar-refractivity contribution in [1.82, 2.24) is 5.32 Å². The predicted molar refractivity (Wildman–Crippen MR) is 76.7 cm³/mol. The number of nitrogens with one attached hydrogen (secondary N) is 1. The molecule has 0 saturated heterocycles. The van der Waals surface area contributed by atoms with Gasteiger partial charge in [0.1, 0.15) is 6.42 Å². The maximum absolute atomic E-state index is 11.7. The number of rotatable bonds is 11. The predicted octanol–water partition coefficient (Wildman–Crippen LogP) is 0.344. The molecule has 8 heteroatoms. The van der Waals surface area contributed by atoms with Gasteiger partial charge in [-0.05, 0) is 27.2 Å². The van der Waals surface area contributed by atoms with Crippen LogP contribution in [0, 0.1) is 0 Å². The maximum Gasteiger partial charge on any atom is 0.524 e. The summed E-state index contributed by atoms with van der Waals surface area (Å²) in [4.78, 5) is 22.5. The molecule has 0 heterocycles. The Morgan fingerprint density at radius 3 is 1.80 bits per heavy atom. The summed E-state index contributed by atoms with van der Waals surface area (Å²) < 4.78 is 17.2. The molecule has 7 nitrogen and oxygen atoms in total. The summed E-state index contributed by atoms with van der Waals surface area (Å²) in [6, 6.07) is 0. The van der Waals surface area contributed by atoms with E-state index in [-0.39, 0.29) is 6.42 Å². The average molecular weight is 306 g/mol. The first kappa shape index (κ1) is 19.0. The molecular formula is C12H26N2O5Si. The Bertz CT molecular complexity index is 297. The van der Waals surface area contributed by atoms with Crippen LogP contribution in [0.2, 0.25) is 0 Å². The van der Waals surface area contributed by atoms with Gasteiger partial charge in [0, 0.05) is 19.8 Å². The van der Waals surface area contributed by atoms with Gasteiger partial charge in [-0.2, -0.15) is 0 Å². The van der Waals surface area contributed by atoms with Crippen LogP contribution in [0.5, 0.6) is 0 Å². The summed E-state index contributed by atoms with van der Waals surface area (Å²) in [5, 5.41) is 2.74. The summed E-state index contributed by atoms with van der Waals surface area (Å²) in [6.45, 7) is 8.71. The molecule has 20 heavy (non-hydrogen) atoms. The van der Waals surface area contributed by atoms with Crippen LogP contribution < -0.4 is 11.1 Å². The Morgan fingerprint density at radius 2 is 1.50 bits per heavy atom. The van der Waals surface area contributed by atoms with Gasteiger partial charge in [0.05, 0.1) is 5.67 Å². The second-order valence-electron chi connectivity index (χ2n) is 4.07. The van der Waals surface area contributed by atoms with Gasteiger partial charge in [-0.3, -0.25) is 9.59 Å². The highest BCUT2D eigenvalue weighted by Gasteiger charge is 2.49. The van der Waals surface area contributed by atoms with E-state index in [9.17, 15) is 9.59 Å². The lowest BCUT2D eigenvalue weighted by Gasteiger charge is -2.35. The van der Waals surface area contributed by atoms with E-state index in [1.165, 1.54) is 0 Å². The number of nitrogens with two attached hydrogens (primary N) is 1. The van der Waals surface area contributed by atoms with Crippen molar-refractivity contribution in [3.05, 3.63) is 0 Å². The number of hydrogen-bond acceptors (Lipinski definition) is 5. The molecule has 0 aromatic rings. The van der Waals surface area contributed by atoms with Crippen molar-refractivity contribution in [3.8, 4) is 0 Å². The number of hydrogen-bond donors (Lipinski definition) is 2. The van der Waals surface area contributed by atoms with Crippen molar-refractivity contribution in [3.63, 3.8) is 0 Å². The molecule has 2 amide bonds. The lowest BCUT2D eigenvalue weighted by molar-refractivity contribution is -0.128. The van der Waals surface area contributed by atoms with Crippen LogP contribution in [0.15, 0.2) is 0 Å². The third kappa shape index (κ3) is 5.99. The van der Waals surface area contributed by atoms with Crippen molar-refractivity contribution in [2.75, 3.05) is 19.8 Å².